The average Bonchev–Trinajstić information content (AvgIpc) is 3.11. The topological polar surface area (TPSA) is 103 Å². The van der Waals surface area contributed by atoms with Crippen LogP contribution in [0.25, 0.3) is 21.9 Å². The van der Waals surface area contributed by atoms with E-state index in [1.165, 1.54) is 0 Å². The van der Waals surface area contributed by atoms with Gasteiger partial charge in [0, 0.05) is 17.6 Å². The summed E-state index contributed by atoms with van der Waals surface area (Å²) in [6.45, 7) is 1.99. The summed E-state index contributed by atoms with van der Waals surface area (Å²) in [5.41, 5.74) is 2.84. The molecule has 0 saturated heterocycles. The zero-order chi connectivity index (χ0) is 18.8. The molecule has 4 aromatic rings. The van der Waals surface area contributed by atoms with Crippen LogP contribution in [0.2, 0.25) is 0 Å². The summed E-state index contributed by atoms with van der Waals surface area (Å²) in [4.78, 5) is 34.9. The van der Waals surface area contributed by atoms with Gasteiger partial charge in [0.1, 0.15) is 5.82 Å². The van der Waals surface area contributed by atoms with Crippen LogP contribution in [0.1, 0.15) is 24.4 Å². The van der Waals surface area contributed by atoms with E-state index < -0.39 is 0 Å². The van der Waals surface area contributed by atoms with Crippen LogP contribution in [0.15, 0.2) is 59.4 Å². The van der Waals surface area contributed by atoms with Crippen molar-refractivity contribution in [3.63, 3.8) is 0 Å². The predicted octanol–water partition coefficient (Wildman–Crippen LogP) is 2.96. The molecular formula is C20H19N5O2. The lowest BCUT2D eigenvalue weighted by Gasteiger charge is -2.12. The number of H-pyrrole nitrogens is 2. The van der Waals surface area contributed by atoms with Gasteiger partial charge in [0.05, 0.1) is 17.1 Å². The summed E-state index contributed by atoms with van der Waals surface area (Å²) in [6.07, 6.45) is 0. The molecule has 2 amide bonds. The summed E-state index contributed by atoms with van der Waals surface area (Å²) >= 11 is 0. The minimum atomic E-state index is -0.365. The van der Waals surface area contributed by atoms with E-state index in [1.807, 2.05) is 55.5 Å². The Balaban J connectivity index is 1.42. The molecule has 1 atom stereocenters. The van der Waals surface area contributed by atoms with Crippen molar-refractivity contribution in [3.05, 3.63) is 76.3 Å². The predicted molar refractivity (Wildman–Crippen MR) is 104 cm³/mol. The zero-order valence-electron chi connectivity index (χ0n) is 14.7. The van der Waals surface area contributed by atoms with Crippen LogP contribution in [0.5, 0.6) is 0 Å². The molecule has 0 radical (unpaired) electrons. The first-order valence-electron chi connectivity index (χ1n) is 8.70. The Hall–Kier alpha value is -3.61. The molecule has 7 heteroatoms. The van der Waals surface area contributed by atoms with Crippen molar-refractivity contribution < 1.29 is 4.79 Å². The number of carbonyl (C=O) groups is 1. The SMILES string of the molecule is C[C@H](NC(=O)NCc1cc2ccccc2[nH]c1=O)c1nc2ccccc2[nH]1. The van der Waals surface area contributed by atoms with Crippen molar-refractivity contribution in [1.82, 2.24) is 25.6 Å². The Morgan fingerprint density at radius 2 is 1.81 bits per heavy atom. The highest BCUT2D eigenvalue weighted by molar-refractivity contribution is 5.79. The van der Waals surface area contributed by atoms with Gasteiger partial charge in [-0.2, -0.15) is 0 Å². The quantitative estimate of drug-likeness (QED) is 0.449. The maximum absolute atomic E-state index is 12.2. The lowest BCUT2D eigenvalue weighted by molar-refractivity contribution is 0.237. The third-order valence-corrected chi connectivity index (χ3v) is 4.44. The molecule has 0 fully saturated rings. The monoisotopic (exact) mass is 361 g/mol. The van der Waals surface area contributed by atoms with Gasteiger partial charge >= 0.3 is 6.03 Å². The van der Waals surface area contributed by atoms with Gasteiger partial charge in [-0.1, -0.05) is 30.3 Å². The van der Waals surface area contributed by atoms with Crippen LogP contribution in [-0.4, -0.2) is 21.0 Å². The van der Waals surface area contributed by atoms with Gasteiger partial charge in [-0.15, -0.1) is 0 Å². The summed E-state index contributed by atoms with van der Waals surface area (Å²) in [5, 5.41) is 6.48. The second kappa shape index (κ2) is 6.95. The van der Waals surface area contributed by atoms with Gasteiger partial charge in [-0.25, -0.2) is 9.78 Å². The molecule has 0 unspecified atom stereocenters. The first-order valence-corrected chi connectivity index (χ1v) is 8.70. The molecule has 4 rings (SSSR count). The van der Waals surface area contributed by atoms with Crippen molar-refractivity contribution >= 4 is 28.0 Å². The second-order valence-electron chi connectivity index (χ2n) is 6.40. The van der Waals surface area contributed by atoms with Crippen molar-refractivity contribution in [2.75, 3.05) is 0 Å². The number of para-hydroxylation sites is 3. The number of nitrogens with zero attached hydrogens (tertiary/aromatic N) is 1. The molecule has 0 aliphatic rings. The summed E-state index contributed by atoms with van der Waals surface area (Å²) in [5.74, 6) is 0.676. The molecule has 136 valence electrons. The van der Waals surface area contributed by atoms with Crippen molar-refractivity contribution in [3.8, 4) is 0 Å². The fourth-order valence-corrected chi connectivity index (χ4v) is 2.99. The number of hydrogen-bond donors (Lipinski definition) is 4. The zero-order valence-corrected chi connectivity index (χ0v) is 14.7. The van der Waals surface area contributed by atoms with E-state index in [4.69, 9.17) is 0 Å². The number of pyridine rings is 1. The molecule has 2 heterocycles. The minimum Gasteiger partial charge on any atom is -0.340 e. The van der Waals surface area contributed by atoms with Crippen LogP contribution < -0.4 is 16.2 Å². The van der Waals surface area contributed by atoms with Crippen LogP contribution in [0.4, 0.5) is 4.79 Å². The number of aromatic nitrogens is 3. The number of hydrogen-bond acceptors (Lipinski definition) is 3. The standard InChI is InChI=1S/C20H19N5O2/c1-12(18-23-16-8-4-5-9-17(16)24-18)22-20(27)21-11-14-10-13-6-2-3-7-15(13)25-19(14)26/h2-10,12H,11H2,1H3,(H,23,24)(H,25,26)(H2,21,22,27)/t12-/m0/s1. The van der Waals surface area contributed by atoms with E-state index in [1.54, 1.807) is 6.07 Å². The molecule has 27 heavy (non-hydrogen) atoms. The van der Waals surface area contributed by atoms with Gasteiger partial charge in [0.2, 0.25) is 0 Å². The fourth-order valence-electron chi connectivity index (χ4n) is 2.99. The molecule has 0 bridgehead atoms. The smallest absolute Gasteiger partial charge is 0.315 e. The Kier molecular flexibility index (Phi) is 4.33. The maximum Gasteiger partial charge on any atom is 0.315 e. The highest BCUT2D eigenvalue weighted by Crippen LogP contribution is 2.15. The van der Waals surface area contributed by atoms with Gasteiger partial charge in [-0.05, 0) is 36.6 Å². The average molecular weight is 361 g/mol. The van der Waals surface area contributed by atoms with E-state index in [0.717, 1.165) is 21.9 Å². The third kappa shape index (κ3) is 3.52. The van der Waals surface area contributed by atoms with Crippen molar-refractivity contribution in [2.45, 2.75) is 19.5 Å². The number of amides is 2. The Morgan fingerprint density at radius 1 is 1.07 bits per heavy atom. The highest BCUT2D eigenvalue weighted by atomic mass is 16.2. The fraction of sp³-hybridized carbons (Fsp3) is 0.150. The van der Waals surface area contributed by atoms with Gasteiger partial charge in [-0.3, -0.25) is 4.79 Å². The molecule has 2 aromatic heterocycles. The third-order valence-electron chi connectivity index (χ3n) is 4.44. The highest BCUT2D eigenvalue weighted by Gasteiger charge is 2.13. The first-order chi connectivity index (χ1) is 13.1. The normalized spacial score (nSPS) is 12.2. The summed E-state index contributed by atoms with van der Waals surface area (Å²) < 4.78 is 0. The molecule has 0 aliphatic carbocycles. The van der Waals surface area contributed by atoms with E-state index >= 15 is 0 Å². The number of aromatic amines is 2. The van der Waals surface area contributed by atoms with E-state index in [2.05, 4.69) is 25.6 Å². The molecule has 0 aliphatic heterocycles. The molecule has 0 saturated carbocycles. The van der Waals surface area contributed by atoms with Crippen LogP contribution >= 0.6 is 0 Å². The van der Waals surface area contributed by atoms with E-state index in [9.17, 15) is 9.59 Å². The van der Waals surface area contributed by atoms with Crippen LogP contribution in [0.3, 0.4) is 0 Å². The van der Waals surface area contributed by atoms with Crippen LogP contribution in [0, 0.1) is 0 Å². The number of urea groups is 1. The van der Waals surface area contributed by atoms with Crippen LogP contribution in [-0.2, 0) is 6.54 Å². The summed E-state index contributed by atoms with van der Waals surface area (Å²) in [6, 6.07) is 16.3. The maximum atomic E-state index is 12.2. The molecular weight excluding hydrogens is 342 g/mol. The Bertz CT molecular complexity index is 1140. The van der Waals surface area contributed by atoms with Crippen molar-refractivity contribution in [1.29, 1.82) is 0 Å². The van der Waals surface area contributed by atoms with Gasteiger partial charge < -0.3 is 20.6 Å². The van der Waals surface area contributed by atoms with Crippen molar-refractivity contribution in [2.24, 2.45) is 0 Å². The number of imidazole rings is 1. The van der Waals surface area contributed by atoms with E-state index in [0.29, 0.717) is 11.4 Å². The Morgan fingerprint density at radius 3 is 2.63 bits per heavy atom. The molecule has 2 aromatic carbocycles. The number of carbonyl (C=O) groups excluding carboxylic acids is 1. The lowest BCUT2D eigenvalue weighted by Crippen LogP contribution is -2.38. The first kappa shape index (κ1) is 16.8. The number of nitrogens with one attached hydrogen (secondary N) is 4. The van der Waals surface area contributed by atoms with E-state index in [-0.39, 0.29) is 24.2 Å². The number of benzene rings is 2. The Labute approximate surface area is 154 Å². The molecule has 7 nitrogen and oxygen atoms in total. The number of rotatable bonds is 4. The molecule has 0 spiro atoms. The largest absolute Gasteiger partial charge is 0.340 e. The minimum absolute atomic E-state index is 0.138. The lowest BCUT2D eigenvalue weighted by atomic mass is 10.1. The van der Waals surface area contributed by atoms with Gasteiger partial charge in [0.25, 0.3) is 5.56 Å². The molecule has 4 N–H and O–H groups in total. The van der Waals surface area contributed by atoms with Gasteiger partial charge in [0.15, 0.2) is 0 Å². The number of fused-ring (bicyclic) bond motifs is 2. The summed E-state index contributed by atoms with van der Waals surface area (Å²) in [7, 11) is 0. The second-order valence-corrected chi connectivity index (χ2v) is 6.40.